The Kier molecular flexibility index (Phi) is 6.00. The Morgan fingerprint density at radius 2 is 2.11 bits per heavy atom. The fourth-order valence-corrected chi connectivity index (χ4v) is 4.40. The number of nitrogens with one attached hydrogen (secondary N) is 2. The summed E-state index contributed by atoms with van der Waals surface area (Å²) in [6.45, 7) is 4.21. The van der Waals surface area contributed by atoms with Crippen molar-refractivity contribution in [2.75, 3.05) is 41.0 Å². The maximum absolute atomic E-state index is 4.26. The van der Waals surface area contributed by atoms with Crippen LogP contribution in [-0.4, -0.2) is 40.6 Å². The first-order chi connectivity index (χ1) is 8.88. The Balaban J connectivity index is 1.80. The molecular weight excluding hydrogens is 262 g/mol. The smallest absolute Gasteiger partial charge is 0.0547 e. The number of anilines is 2. The minimum absolute atomic E-state index is 0.732. The molecule has 5 heteroatoms. The van der Waals surface area contributed by atoms with E-state index in [0.29, 0.717) is 0 Å². The average Bonchev–Trinajstić information content (AvgIpc) is 2.44. The Bertz CT molecular complexity index is 354. The molecule has 1 aliphatic rings. The van der Waals surface area contributed by atoms with Crippen LogP contribution in [0.5, 0.6) is 0 Å². The summed E-state index contributed by atoms with van der Waals surface area (Å²) in [5.74, 6) is 3.85. The molecule has 18 heavy (non-hydrogen) atoms. The van der Waals surface area contributed by atoms with E-state index in [2.05, 4.69) is 52.1 Å². The minimum atomic E-state index is 0.732. The van der Waals surface area contributed by atoms with Crippen molar-refractivity contribution >= 4 is 34.9 Å². The van der Waals surface area contributed by atoms with Crippen molar-refractivity contribution in [3.63, 3.8) is 0 Å². The molecule has 0 aliphatic carbocycles. The summed E-state index contributed by atoms with van der Waals surface area (Å²) < 4.78 is 0. The summed E-state index contributed by atoms with van der Waals surface area (Å²) >= 11 is 4.14. The van der Waals surface area contributed by atoms with Crippen molar-refractivity contribution in [3.8, 4) is 0 Å². The van der Waals surface area contributed by atoms with E-state index in [-0.39, 0.29) is 0 Å². The van der Waals surface area contributed by atoms with Gasteiger partial charge in [-0.3, -0.25) is 4.98 Å². The van der Waals surface area contributed by atoms with Crippen LogP contribution in [0.4, 0.5) is 11.4 Å². The molecule has 1 aromatic rings. The van der Waals surface area contributed by atoms with Gasteiger partial charge in [0, 0.05) is 35.6 Å². The standard InChI is InChI=1S/C13H21N3S2/c1-2-3-15-11-6-12(8-14-7-11)16-9-13-10-17-4-5-18-13/h6-8,13,15-16H,2-5,9-10H2,1H3. The average molecular weight is 283 g/mol. The summed E-state index contributed by atoms with van der Waals surface area (Å²) in [4.78, 5) is 4.26. The number of nitrogens with zero attached hydrogens (tertiary/aromatic N) is 1. The molecule has 0 amide bonds. The molecule has 100 valence electrons. The van der Waals surface area contributed by atoms with Gasteiger partial charge in [-0.05, 0) is 12.5 Å². The Labute approximate surface area is 118 Å². The number of thioether (sulfide) groups is 2. The van der Waals surface area contributed by atoms with E-state index in [1.165, 1.54) is 17.3 Å². The van der Waals surface area contributed by atoms with Crippen LogP contribution in [0.3, 0.4) is 0 Å². The lowest BCUT2D eigenvalue weighted by molar-refractivity contribution is 0.975. The molecule has 1 atom stereocenters. The van der Waals surface area contributed by atoms with Gasteiger partial charge >= 0.3 is 0 Å². The topological polar surface area (TPSA) is 37.0 Å². The van der Waals surface area contributed by atoms with E-state index in [1.54, 1.807) is 0 Å². The van der Waals surface area contributed by atoms with Gasteiger partial charge in [0.2, 0.25) is 0 Å². The second kappa shape index (κ2) is 7.79. The summed E-state index contributed by atoms with van der Waals surface area (Å²) in [5, 5.41) is 7.59. The van der Waals surface area contributed by atoms with E-state index < -0.39 is 0 Å². The van der Waals surface area contributed by atoms with Crippen LogP contribution in [-0.2, 0) is 0 Å². The van der Waals surface area contributed by atoms with Crippen molar-refractivity contribution in [3.05, 3.63) is 18.5 Å². The number of hydrogen-bond acceptors (Lipinski definition) is 5. The molecule has 3 nitrogen and oxygen atoms in total. The second-order valence-corrected chi connectivity index (χ2v) is 6.90. The van der Waals surface area contributed by atoms with Crippen LogP contribution in [0, 0.1) is 0 Å². The molecule has 0 radical (unpaired) electrons. The van der Waals surface area contributed by atoms with Crippen molar-refractivity contribution in [1.82, 2.24) is 4.98 Å². The van der Waals surface area contributed by atoms with Crippen molar-refractivity contribution in [2.45, 2.75) is 18.6 Å². The Hall–Kier alpha value is -0.550. The van der Waals surface area contributed by atoms with E-state index >= 15 is 0 Å². The maximum Gasteiger partial charge on any atom is 0.0547 e. The first-order valence-corrected chi connectivity index (χ1v) is 8.71. The van der Waals surface area contributed by atoms with Gasteiger partial charge < -0.3 is 10.6 Å². The van der Waals surface area contributed by atoms with Crippen LogP contribution in [0.25, 0.3) is 0 Å². The molecular formula is C13H21N3S2. The molecule has 2 heterocycles. The van der Waals surface area contributed by atoms with Gasteiger partial charge in [-0.15, -0.1) is 0 Å². The zero-order chi connectivity index (χ0) is 12.6. The third-order valence-corrected chi connectivity index (χ3v) is 5.58. The first-order valence-electron chi connectivity index (χ1n) is 6.50. The predicted octanol–water partition coefficient (Wildman–Crippen LogP) is 3.16. The second-order valence-electron chi connectivity index (χ2n) is 4.34. The fourth-order valence-electron chi connectivity index (χ4n) is 1.79. The molecule has 2 N–H and O–H groups in total. The highest BCUT2D eigenvalue weighted by molar-refractivity contribution is 8.06. The van der Waals surface area contributed by atoms with Crippen molar-refractivity contribution in [2.24, 2.45) is 0 Å². The molecule has 0 saturated carbocycles. The van der Waals surface area contributed by atoms with E-state index in [0.717, 1.165) is 36.1 Å². The molecule has 2 rings (SSSR count). The van der Waals surface area contributed by atoms with Crippen molar-refractivity contribution < 1.29 is 0 Å². The van der Waals surface area contributed by atoms with E-state index in [9.17, 15) is 0 Å². The van der Waals surface area contributed by atoms with Gasteiger partial charge in [-0.1, -0.05) is 6.92 Å². The van der Waals surface area contributed by atoms with Gasteiger partial charge in [-0.2, -0.15) is 23.5 Å². The summed E-state index contributed by atoms with van der Waals surface area (Å²) in [5.41, 5.74) is 2.22. The van der Waals surface area contributed by atoms with Gasteiger partial charge in [0.15, 0.2) is 0 Å². The van der Waals surface area contributed by atoms with Crippen LogP contribution < -0.4 is 10.6 Å². The normalized spacial score (nSPS) is 19.5. The highest BCUT2D eigenvalue weighted by Crippen LogP contribution is 2.24. The van der Waals surface area contributed by atoms with E-state index in [1.807, 2.05) is 12.4 Å². The zero-order valence-corrected chi connectivity index (χ0v) is 12.4. The number of aromatic nitrogens is 1. The summed E-state index contributed by atoms with van der Waals surface area (Å²) in [6, 6.07) is 2.14. The lowest BCUT2D eigenvalue weighted by Gasteiger charge is -2.21. The highest BCUT2D eigenvalue weighted by Gasteiger charge is 2.13. The van der Waals surface area contributed by atoms with Crippen LogP contribution in [0.1, 0.15) is 13.3 Å². The molecule has 0 spiro atoms. The zero-order valence-electron chi connectivity index (χ0n) is 10.8. The SMILES string of the molecule is CCCNc1cncc(NCC2CSCCS2)c1. The lowest BCUT2D eigenvalue weighted by atomic mass is 10.3. The van der Waals surface area contributed by atoms with E-state index in [4.69, 9.17) is 0 Å². The molecule has 0 aromatic carbocycles. The molecule has 1 saturated heterocycles. The van der Waals surface area contributed by atoms with Crippen LogP contribution >= 0.6 is 23.5 Å². The number of rotatable bonds is 6. The number of pyridine rings is 1. The summed E-state index contributed by atoms with van der Waals surface area (Å²) in [6.07, 6.45) is 4.91. The quantitative estimate of drug-likeness (QED) is 0.839. The monoisotopic (exact) mass is 283 g/mol. The fraction of sp³-hybridized carbons (Fsp3) is 0.615. The lowest BCUT2D eigenvalue weighted by Crippen LogP contribution is -2.23. The molecule has 1 fully saturated rings. The molecule has 1 unspecified atom stereocenters. The van der Waals surface area contributed by atoms with Gasteiger partial charge in [0.05, 0.1) is 23.8 Å². The predicted molar refractivity (Wildman–Crippen MR) is 85.1 cm³/mol. The maximum atomic E-state index is 4.26. The highest BCUT2D eigenvalue weighted by atomic mass is 32.2. The van der Waals surface area contributed by atoms with Gasteiger partial charge in [0.25, 0.3) is 0 Å². The summed E-state index contributed by atoms with van der Waals surface area (Å²) in [7, 11) is 0. The minimum Gasteiger partial charge on any atom is -0.384 e. The molecule has 1 aromatic heterocycles. The largest absolute Gasteiger partial charge is 0.384 e. The first kappa shape index (κ1) is 13.9. The van der Waals surface area contributed by atoms with Gasteiger partial charge in [0.1, 0.15) is 0 Å². The number of hydrogen-bond donors (Lipinski definition) is 2. The third kappa shape index (κ3) is 4.61. The Morgan fingerprint density at radius 3 is 2.83 bits per heavy atom. The van der Waals surface area contributed by atoms with Crippen molar-refractivity contribution in [1.29, 1.82) is 0 Å². The van der Waals surface area contributed by atoms with Crippen LogP contribution in [0.15, 0.2) is 18.5 Å². The van der Waals surface area contributed by atoms with Crippen LogP contribution in [0.2, 0.25) is 0 Å². The molecule has 1 aliphatic heterocycles. The van der Waals surface area contributed by atoms with Gasteiger partial charge in [-0.25, -0.2) is 0 Å². The third-order valence-electron chi connectivity index (χ3n) is 2.74. The Morgan fingerprint density at radius 1 is 1.28 bits per heavy atom. The molecule has 0 bridgehead atoms.